The van der Waals surface area contributed by atoms with Crippen LogP contribution in [-0.4, -0.2) is 63.0 Å². The topological polar surface area (TPSA) is 35.6 Å². The van der Waals surface area contributed by atoms with E-state index in [0.29, 0.717) is 6.54 Å². The van der Waals surface area contributed by atoms with Crippen LogP contribution in [0.4, 0.5) is 0 Å². The van der Waals surface area contributed by atoms with Gasteiger partial charge < -0.3 is 10.2 Å². The van der Waals surface area contributed by atoms with Crippen molar-refractivity contribution in [3.8, 4) is 0 Å². The Balaban J connectivity index is 2.13. The second-order valence-electron chi connectivity index (χ2n) is 5.03. The number of amides is 1. The van der Waals surface area contributed by atoms with E-state index in [1.165, 1.54) is 25.8 Å². The third kappa shape index (κ3) is 4.94. The van der Waals surface area contributed by atoms with Crippen LogP contribution in [0.25, 0.3) is 0 Å². The molecule has 1 fully saturated rings. The summed E-state index contributed by atoms with van der Waals surface area (Å²) in [4.78, 5) is 15.2. The maximum atomic E-state index is 11.5. The maximum absolute atomic E-state index is 11.5. The van der Waals surface area contributed by atoms with Crippen molar-refractivity contribution in [1.82, 2.24) is 15.1 Å². The molecule has 1 aliphatic rings. The molecule has 1 amide bonds. The van der Waals surface area contributed by atoms with Crippen LogP contribution in [0.5, 0.6) is 0 Å². The van der Waals surface area contributed by atoms with Gasteiger partial charge in [0, 0.05) is 14.1 Å². The van der Waals surface area contributed by atoms with Crippen LogP contribution in [0.3, 0.4) is 0 Å². The van der Waals surface area contributed by atoms with Gasteiger partial charge in [-0.2, -0.15) is 0 Å². The lowest BCUT2D eigenvalue weighted by Gasteiger charge is -2.25. The molecule has 4 heteroatoms. The number of nitrogens with zero attached hydrogens (tertiary/aromatic N) is 2. The van der Waals surface area contributed by atoms with Crippen LogP contribution < -0.4 is 5.32 Å². The monoisotopic (exact) mass is 227 g/mol. The molecule has 1 rings (SSSR count). The lowest BCUT2D eigenvalue weighted by molar-refractivity contribution is -0.129. The van der Waals surface area contributed by atoms with Gasteiger partial charge in [-0.25, -0.2) is 0 Å². The first-order valence-electron chi connectivity index (χ1n) is 6.19. The van der Waals surface area contributed by atoms with Crippen LogP contribution >= 0.6 is 0 Å². The van der Waals surface area contributed by atoms with Gasteiger partial charge in [0.2, 0.25) is 5.91 Å². The molecule has 1 heterocycles. The Morgan fingerprint density at radius 3 is 2.69 bits per heavy atom. The van der Waals surface area contributed by atoms with Crippen molar-refractivity contribution in [3.05, 3.63) is 0 Å². The quantitative estimate of drug-likeness (QED) is 0.738. The third-order valence-electron chi connectivity index (χ3n) is 3.22. The maximum Gasteiger partial charge on any atom is 0.236 e. The largest absolute Gasteiger partial charge is 0.348 e. The van der Waals surface area contributed by atoms with Gasteiger partial charge in [0.25, 0.3) is 0 Å². The Hall–Kier alpha value is -0.610. The highest BCUT2D eigenvalue weighted by Gasteiger charge is 2.14. The second kappa shape index (κ2) is 6.86. The van der Waals surface area contributed by atoms with Gasteiger partial charge in [0.1, 0.15) is 0 Å². The molecular weight excluding hydrogens is 202 g/mol. The van der Waals surface area contributed by atoms with Crippen LogP contribution in [-0.2, 0) is 4.79 Å². The second-order valence-corrected chi connectivity index (χ2v) is 5.03. The summed E-state index contributed by atoms with van der Waals surface area (Å²) in [6.07, 6.45) is 3.83. The number of hydrogen-bond acceptors (Lipinski definition) is 3. The normalized spacial score (nSPS) is 21.1. The Morgan fingerprint density at radius 1 is 1.38 bits per heavy atom. The fraction of sp³-hybridized carbons (Fsp3) is 0.917. The van der Waals surface area contributed by atoms with E-state index in [9.17, 15) is 4.79 Å². The molecule has 1 saturated heterocycles. The van der Waals surface area contributed by atoms with Crippen molar-refractivity contribution >= 4 is 5.91 Å². The molecule has 0 aromatic rings. The van der Waals surface area contributed by atoms with Crippen molar-refractivity contribution in [2.24, 2.45) is 5.92 Å². The van der Waals surface area contributed by atoms with E-state index in [-0.39, 0.29) is 5.91 Å². The zero-order valence-corrected chi connectivity index (χ0v) is 10.8. The number of carbonyl (C=O) groups excluding carboxylic acids is 1. The molecule has 0 aliphatic carbocycles. The van der Waals surface area contributed by atoms with Gasteiger partial charge in [-0.1, -0.05) is 0 Å². The fourth-order valence-corrected chi connectivity index (χ4v) is 2.02. The molecule has 0 spiro atoms. The standard InChI is InChI=1S/C12H25N3O/c1-14(2)12(16)10-15(3)8-6-11-5-4-7-13-9-11/h11,13H,4-10H2,1-3H3. The van der Waals surface area contributed by atoms with Gasteiger partial charge in [-0.3, -0.25) is 9.69 Å². The lowest BCUT2D eigenvalue weighted by Crippen LogP contribution is -2.37. The number of piperidine rings is 1. The fourth-order valence-electron chi connectivity index (χ4n) is 2.02. The number of rotatable bonds is 5. The summed E-state index contributed by atoms with van der Waals surface area (Å²) in [7, 11) is 5.64. The van der Waals surface area contributed by atoms with E-state index < -0.39 is 0 Å². The van der Waals surface area contributed by atoms with Crippen molar-refractivity contribution in [3.63, 3.8) is 0 Å². The predicted molar refractivity (Wildman–Crippen MR) is 66.4 cm³/mol. The first-order chi connectivity index (χ1) is 7.59. The summed E-state index contributed by atoms with van der Waals surface area (Å²) in [6.45, 7) is 3.87. The van der Waals surface area contributed by atoms with Crippen molar-refractivity contribution in [2.45, 2.75) is 19.3 Å². The summed E-state index contributed by atoms with van der Waals surface area (Å²) in [5, 5.41) is 3.42. The summed E-state index contributed by atoms with van der Waals surface area (Å²) < 4.78 is 0. The minimum Gasteiger partial charge on any atom is -0.348 e. The van der Waals surface area contributed by atoms with Crippen molar-refractivity contribution in [1.29, 1.82) is 0 Å². The Bertz CT molecular complexity index is 212. The SMILES string of the molecule is CN(CCC1CCCNC1)CC(=O)N(C)C. The molecule has 4 nitrogen and oxygen atoms in total. The van der Waals surface area contributed by atoms with E-state index in [4.69, 9.17) is 0 Å². The van der Waals surface area contributed by atoms with Crippen molar-refractivity contribution in [2.75, 3.05) is 47.3 Å². The van der Waals surface area contributed by atoms with E-state index in [0.717, 1.165) is 19.0 Å². The highest BCUT2D eigenvalue weighted by molar-refractivity contribution is 5.77. The lowest BCUT2D eigenvalue weighted by atomic mass is 9.96. The Kier molecular flexibility index (Phi) is 5.77. The molecular formula is C12H25N3O. The first kappa shape index (κ1) is 13.5. The summed E-state index contributed by atoms with van der Waals surface area (Å²) >= 11 is 0. The van der Waals surface area contributed by atoms with E-state index in [1.807, 2.05) is 7.05 Å². The number of carbonyl (C=O) groups is 1. The summed E-state index contributed by atoms with van der Waals surface area (Å²) in [6, 6.07) is 0. The minimum absolute atomic E-state index is 0.185. The number of nitrogens with one attached hydrogen (secondary N) is 1. The highest BCUT2D eigenvalue weighted by atomic mass is 16.2. The smallest absolute Gasteiger partial charge is 0.236 e. The zero-order valence-electron chi connectivity index (χ0n) is 10.8. The molecule has 0 bridgehead atoms. The van der Waals surface area contributed by atoms with Crippen LogP contribution in [0, 0.1) is 5.92 Å². The highest BCUT2D eigenvalue weighted by Crippen LogP contribution is 2.13. The minimum atomic E-state index is 0.185. The van der Waals surface area contributed by atoms with Crippen LogP contribution in [0.2, 0.25) is 0 Å². The van der Waals surface area contributed by atoms with Gasteiger partial charge in [0.05, 0.1) is 6.54 Å². The number of likely N-dealkylation sites (N-methyl/N-ethyl adjacent to an activating group) is 2. The Morgan fingerprint density at radius 2 is 2.12 bits per heavy atom. The average Bonchev–Trinajstić information content (AvgIpc) is 2.27. The van der Waals surface area contributed by atoms with Gasteiger partial charge in [-0.05, 0) is 51.9 Å². The third-order valence-corrected chi connectivity index (χ3v) is 3.22. The van der Waals surface area contributed by atoms with E-state index in [2.05, 4.69) is 10.2 Å². The molecule has 1 unspecified atom stereocenters. The van der Waals surface area contributed by atoms with Gasteiger partial charge in [-0.15, -0.1) is 0 Å². The molecule has 0 aromatic heterocycles. The zero-order chi connectivity index (χ0) is 12.0. The van der Waals surface area contributed by atoms with Crippen molar-refractivity contribution < 1.29 is 4.79 Å². The summed E-state index contributed by atoms with van der Waals surface area (Å²) in [5.74, 6) is 0.981. The van der Waals surface area contributed by atoms with Crippen LogP contribution in [0.1, 0.15) is 19.3 Å². The van der Waals surface area contributed by atoms with E-state index in [1.54, 1.807) is 19.0 Å². The van der Waals surface area contributed by atoms with Gasteiger partial charge >= 0.3 is 0 Å². The number of hydrogen-bond donors (Lipinski definition) is 1. The Labute approximate surface area is 99.0 Å². The summed E-state index contributed by atoms with van der Waals surface area (Å²) in [5.41, 5.74) is 0. The van der Waals surface area contributed by atoms with E-state index >= 15 is 0 Å². The molecule has 0 aromatic carbocycles. The average molecular weight is 227 g/mol. The molecule has 0 saturated carbocycles. The molecule has 0 radical (unpaired) electrons. The first-order valence-corrected chi connectivity index (χ1v) is 6.19. The predicted octanol–water partition coefficient (Wildman–Crippen LogP) is 0.396. The van der Waals surface area contributed by atoms with Gasteiger partial charge in [0.15, 0.2) is 0 Å². The molecule has 1 aliphatic heterocycles. The molecule has 16 heavy (non-hydrogen) atoms. The van der Waals surface area contributed by atoms with Crippen LogP contribution in [0.15, 0.2) is 0 Å². The molecule has 1 atom stereocenters. The molecule has 1 N–H and O–H groups in total. The molecule has 94 valence electrons.